The molecule has 4 atom stereocenters. The van der Waals surface area contributed by atoms with Gasteiger partial charge in [0, 0.05) is 46.1 Å². The Kier molecular flexibility index (Phi) is 30.3. The third kappa shape index (κ3) is 25.3. The zero-order valence-corrected chi connectivity index (χ0v) is 52.4. The predicted octanol–water partition coefficient (Wildman–Crippen LogP) is 4.39. The van der Waals surface area contributed by atoms with Crippen LogP contribution in [0, 0.1) is 10.8 Å². The van der Waals surface area contributed by atoms with Gasteiger partial charge in [0.1, 0.15) is 25.1 Å². The summed E-state index contributed by atoms with van der Waals surface area (Å²) >= 11 is 0. The average Bonchev–Trinajstić information content (AvgIpc) is 1.14. The first kappa shape index (κ1) is 73.0. The number of amides is 3. The first-order valence-electron chi connectivity index (χ1n) is 28.1. The van der Waals surface area contributed by atoms with E-state index in [2.05, 4.69) is 10.6 Å². The molecule has 0 aromatic heterocycles. The molecule has 87 heavy (non-hydrogen) atoms. The minimum Gasteiger partial charge on any atom is -0.497 e. The number of benzene rings is 4. The van der Waals surface area contributed by atoms with Gasteiger partial charge in [-0.25, -0.2) is 26.4 Å². The second kappa shape index (κ2) is 36.1. The minimum absolute atomic E-state index is 0.00507. The van der Waals surface area contributed by atoms with Gasteiger partial charge in [-0.15, -0.1) is 0 Å². The number of methoxy groups -OCH3 is 3. The van der Waals surface area contributed by atoms with Gasteiger partial charge in [0.25, 0.3) is 0 Å². The second-order valence-corrected chi connectivity index (χ2v) is 26.0. The van der Waals surface area contributed by atoms with E-state index >= 15 is 0 Å². The van der Waals surface area contributed by atoms with Crippen molar-refractivity contribution in [2.75, 3.05) is 94.6 Å². The molecule has 0 bridgehead atoms. The van der Waals surface area contributed by atoms with Gasteiger partial charge in [0.15, 0.2) is 12.2 Å². The maximum Gasteiger partial charge on any atom is 0.407 e. The lowest BCUT2D eigenvalue weighted by molar-refractivity contribution is -0.151. The SMILES string of the molecule is CO.COC(=O)CCC(C)(C)CN(CC(O)[C@H](Cc1ccccc1)NC(=O)OC1COCOC1)S(=O)(=O)c1ccc(OC)cc1.COc1ccc(S(=O)(=O)N(CC(O)[C@H](Cc2ccccc2)NC(=O)OC2COCOC2)CC(C)(C)CCC(N)=O)cc1. The zero-order valence-electron chi connectivity index (χ0n) is 50.7. The van der Waals surface area contributed by atoms with E-state index in [9.17, 15) is 46.2 Å². The summed E-state index contributed by atoms with van der Waals surface area (Å²) in [5.41, 5.74) is 5.65. The third-order valence-electron chi connectivity index (χ3n) is 13.9. The molecular weight excluding hydrogens is 1170 g/mol. The molecule has 2 aliphatic heterocycles. The van der Waals surface area contributed by atoms with Crippen LogP contribution in [0.1, 0.15) is 64.5 Å². The topological polar surface area (TPSA) is 337 Å². The van der Waals surface area contributed by atoms with E-state index in [0.717, 1.165) is 18.2 Å². The molecule has 6 rings (SSSR count). The van der Waals surface area contributed by atoms with Crippen molar-refractivity contribution in [1.82, 2.24) is 19.2 Å². The molecule has 2 unspecified atom stereocenters. The van der Waals surface area contributed by atoms with Gasteiger partial charge >= 0.3 is 18.2 Å². The maximum atomic E-state index is 13.9. The quantitative estimate of drug-likeness (QED) is 0.0311. The summed E-state index contributed by atoms with van der Waals surface area (Å²) in [7, 11) is -3.00. The van der Waals surface area contributed by atoms with Crippen LogP contribution in [0.3, 0.4) is 0 Å². The van der Waals surface area contributed by atoms with Crippen LogP contribution in [-0.4, -0.2) is 196 Å². The van der Waals surface area contributed by atoms with Gasteiger partial charge in [-0.05, 0) is 96.2 Å². The number of ether oxygens (including phenoxy) is 9. The van der Waals surface area contributed by atoms with Crippen molar-refractivity contribution in [2.24, 2.45) is 16.6 Å². The summed E-state index contributed by atoms with van der Waals surface area (Å²) in [5, 5.41) is 35.4. The van der Waals surface area contributed by atoms with Gasteiger partial charge in [-0.3, -0.25) is 9.59 Å². The van der Waals surface area contributed by atoms with Crippen molar-refractivity contribution in [1.29, 1.82) is 0 Å². The third-order valence-corrected chi connectivity index (χ3v) is 17.5. The van der Waals surface area contributed by atoms with Crippen molar-refractivity contribution < 1.29 is 94.0 Å². The molecule has 25 nitrogen and oxygen atoms in total. The first-order valence-corrected chi connectivity index (χ1v) is 31.0. The Bertz CT molecular complexity index is 2920. The molecule has 484 valence electrons. The number of nitrogens with two attached hydrogens (primary N) is 1. The summed E-state index contributed by atoms with van der Waals surface area (Å²) in [6.07, 6.45) is -4.24. The number of alkyl carbamates (subject to hydrolysis) is 2. The molecule has 7 N–H and O–H groups in total. The summed E-state index contributed by atoms with van der Waals surface area (Å²) in [4.78, 5) is 49.0. The van der Waals surface area contributed by atoms with Crippen LogP contribution < -0.4 is 25.8 Å². The summed E-state index contributed by atoms with van der Waals surface area (Å²) in [5.74, 6) is 0.0780. The van der Waals surface area contributed by atoms with Crippen LogP contribution in [0.25, 0.3) is 0 Å². The number of nitrogens with zero attached hydrogens (tertiary/aromatic N) is 2. The molecule has 0 radical (unpaired) electrons. The number of carbonyl (C=O) groups is 4. The monoisotopic (exact) mass is 1260 g/mol. The lowest BCUT2D eigenvalue weighted by Crippen LogP contribution is -2.52. The van der Waals surface area contributed by atoms with Crippen molar-refractivity contribution >= 4 is 44.1 Å². The lowest BCUT2D eigenvalue weighted by Gasteiger charge is -2.35. The molecule has 2 aliphatic rings. The predicted molar refractivity (Wildman–Crippen MR) is 319 cm³/mol. The summed E-state index contributed by atoms with van der Waals surface area (Å²) in [6, 6.07) is 28.4. The molecule has 2 heterocycles. The highest BCUT2D eigenvalue weighted by atomic mass is 32.2. The molecule has 3 amide bonds. The second-order valence-electron chi connectivity index (χ2n) is 22.1. The Morgan fingerprint density at radius 3 is 1.24 bits per heavy atom. The molecule has 0 saturated carbocycles. The van der Waals surface area contributed by atoms with Gasteiger partial charge in [0.2, 0.25) is 26.0 Å². The molecule has 2 saturated heterocycles. The van der Waals surface area contributed by atoms with Crippen LogP contribution in [0.15, 0.2) is 119 Å². The number of sulfonamides is 2. The van der Waals surface area contributed by atoms with Gasteiger partial charge in [-0.1, -0.05) is 88.4 Å². The lowest BCUT2D eigenvalue weighted by atomic mass is 9.87. The number of hydrogen-bond donors (Lipinski definition) is 6. The summed E-state index contributed by atoms with van der Waals surface area (Å²) in [6.45, 7) is 7.52. The Morgan fingerprint density at radius 2 is 0.920 bits per heavy atom. The highest BCUT2D eigenvalue weighted by Crippen LogP contribution is 2.31. The molecule has 0 aliphatic carbocycles. The number of primary amides is 1. The van der Waals surface area contributed by atoms with Crippen LogP contribution in [0.4, 0.5) is 9.59 Å². The number of esters is 1. The van der Waals surface area contributed by atoms with Crippen molar-refractivity contribution in [3.63, 3.8) is 0 Å². The van der Waals surface area contributed by atoms with Crippen LogP contribution >= 0.6 is 0 Å². The van der Waals surface area contributed by atoms with E-state index in [-0.39, 0.29) is 102 Å². The van der Waals surface area contributed by atoms with Crippen LogP contribution in [-0.2, 0) is 75.6 Å². The maximum absolute atomic E-state index is 13.9. The van der Waals surface area contributed by atoms with Crippen molar-refractivity contribution in [2.45, 2.75) is 113 Å². The average molecular weight is 1260 g/mol. The Labute approximate surface area is 510 Å². The number of rotatable bonds is 30. The molecule has 0 spiro atoms. The van der Waals surface area contributed by atoms with Gasteiger partial charge in [-0.2, -0.15) is 8.61 Å². The van der Waals surface area contributed by atoms with Gasteiger partial charge in [0.05, 0.1) is 81.8 Å². The fraction of sp³-hybridized carbons (Fsp3) is 0.533. The summed E-state index contributed by atoms with van der Waals surface area (Å²) < 4.78 is 105. The van der Waals surface area contributed by atoms with Gasteiger partial charge < -0.3 is 74.3 Å². The van der Waals surface area contributed by atoms with E-state index in [0.29, 0.717) is 24.3 Å². The Balaban J connectivity index is 0.000000362. The number of carbonyl (C=O) groups excluding carboxylic acids is 4. The first-order chi connectivity index (χ1) is 41.3. The highest BCUT2D eigenvalue weighted by molar-refractivity contribution is 7.89. The highest BCUT2D eigenvalue weighted by Gasteiger charge is 2.38. The van der Waals surface area contributed by atoms with E-state index in [1.165, 1.54) is 66.3 Å². The largest absolute Gasteiger partial charge is 0.497 e. The standard InChI is InChI=1S/C30H42N2O10S.C29H41N3O9S.CH4O/c1-30(2,15-14-28(34)39-4)20-32(43(36,37)25-12-10-23(38-3)11-13-25)17-27(33)26(16-22-8-6-5-7-9-22)31-29(35)42-24-18-40-21-41-19-24;1-29(2,14-13-27(30)34)19-32(42(36,37)24-11-9-22(38-3)10-12-24)16-26(33)25(15-21-7-5-4-6-8-21)31-28(35)41-23-17-39-20-40-18-23;1-2/h5-13,24,26-27,33H,14-21H2,1-4H3,(H,31,35);4-12,23,25-26,33H,13-20H2,1-3H3,(H2,30,34)(H,31,35);2H,1H3/t26-,27?;25-,26?;/m00./s1. The minimum atomic E-state index is -4.13. The fourth-order valence-electron chi connectivity index (χ4n) is 9.12. The zero-order chi connectivity index (χ0) is 64.2. The number of aliphatic hydroxyl groups is 3. The van der Waals surface area contributed by atoms with Crippen molar-refractivity contribution in [3.05, 3.63) is 120 Å². The van der Waals surface area contributed by atoms with Crippen LogP contribution in [0.5, 0.6) is 11.5 Å². The van der Waals surface area contributed by atoms with E-state index < -0.39 is 91.4 Å². The Morgan fingerprint density at radius 1 is 0.575 bits per heavy atom. The van der Waals surface area contributed by atoms with E-state index in [1.54, 1.807) is 12.1 Å². The van der Waals surface area contributed by atoms with Crippen molar-refractivity contribution in [3.8, 4) is 11.5 Å². The molecule has 4 aromatic carbocycles. The normalized spacial score (nSPS) is 15.6. The Hall–Kier alpha value is -6.50. The number of aliphatic hydroxyl groups excluding tert-OH is 3. The fourth-order valence-corrected chi connectivity index (χ4v) is 12.4. The molecule has 2 fully saturated rings. The van der Waals surface area contributed by atoms with E-state index in [4.69, 9.17) is 53.5 Å². The number of hydrogen-bond acceptors (Lipinski definition) is 20. The number of nitrogens with one attached hydrogen (secondary N) is 2. The van der Waals surface area contributed by atoms with Crippen LogP contribution in [0.2, 0.25) is 0 Å². The smallest absolute Gasteiger partial charge is 0.407 e. The molecule has 27 heteroatoms. The van der Waals surface area contributed by atoms with E-state index in [1.807, 2.05) is 88.4 Å². The molecular formula is C60H87N5O20S2. The molecule has 4 aromatic rings.